The van der Waals surface area contributed by atoms with Gasteiger partial charge in [-0.25, -0.2) is 4.99 Å². The molecule has 23 heavy (non-hydrogen) atoms. The molecule has 0 bridgehead atoms. The predicted octanol–water partition coefficient (Wildman–Crippen LogP) is 4.41. The van der Waals surface area contributed by atoms with Crippen LogP contribution in [0.25, 0.3) is 5.57 Å². The highest BCUT2D eigenvalue weighted by molar-refractivity contribution is 6.91. The Morgan fingerprint density at radius 3 is 2.26 bits per heavy atom. The molecule has 0 atom stereocenters. The number of nitrogens with zero attached hydrogens (tertiary/aromatic N) is 2. The summed E-state index contributed by atoms with van der Waals surface area (Å²) in [6.45, 7) is 6.67. The van der Waals surface area contributed by atoms with E-state index in [0.717, 1.165) is 33.5 Å². The standard InChI is InChI=1S/C19H18N2OSi/c1-23(2,3)17-16-14-11-7-8-12-15(14)20-18(16)21(19(17)22)13-9-5-4-6-10-13/h4-12H,1-3H3. The first kappa shape index (κ1) is 14.1. The van der Waals surface area contributed by atoms with Crippen LogP contribution in [0, 0.1) is 0 Å². The molecule has 0 aromatic heterocycles. The topological polar surface area (TPSA) is 32.7 Å². The number of hydrogen-bond donors (Lipinski definition) is 0. The van der Waals surface area contributed by atoms with E-state index in [2.05, 4.69) is 25.7 Å². The van der Waals surface area contributed by atoms with Crippen molar-refractivity contribution < 1.29 is 4.79 Å². The summed E-state index contributed by atoms with van der Waals surface area (Å²) in [5.74, 6) is 0.887. The summed E-state index contributed by atoms with van der Waals surface area (Å²) in [5, 5.41) is 0.977. The van der Waals surface area contributed by atoms with Crippen molar-refractivity contribution in [3.05, 3.63) is 65.4 Å². The lowest BCUT2D eigenvalue weighted by Gasteiger charge is -2.21. The summed E-state index contributed by atoms with van der Waals surface area (Å²) in [6, 6.07) is 17.9. The first-order chi connectivity index (χ1) is 11.0. The maximum absolute atomic E-state index is 13.2. The van der Waals surface area contributed by atoms with Crippen LogP contribution in [0.3, 0.4) is 0 Å². The van der Waals surface area contributed by atoms with Gasteiger partial charge in [-0.2, -0.15) is 0 Å². The van der Waals surface area contributed by atoms with E-state index in [1.54, 1.807) is 4.90 Å². The minimum absolute atomic E-state index is 0.0959. The molecule has 3 nitrogen and oxygen atoms in total. The quantitative estimate of drug-likeness (QED) is 0.755. The van der Waals surface area contributed by atoms with Crippen LogP contribution in [0.15, 0.2) is 64.8 Å². The lowest BCUT2D eigenvalue weighted by Crippen LogP contribution is -2.36. The summed E-state index contributed by atoms with van der Waals surface area (Å²) in [4.78, 5) is 19.8. The van der Waals surface area contributed by atoms with E-state index in [9.17, 15) is 4.79 Å². The molecule has 4 rings (SSSR count). The summed E-state index contributed by atoms with van der Waals surface area (Å²) in [5.41, 5.74) is 3.98. The van der Waals surface area contributed by atoms with Crippen LogP contribution in [0.1, 0.15) is 5.56 Å². The number of anilines is 1. The molecule has 0 radical (unpaired) electrons. The second-order valence-corrected chi connectivity index (χ2v) is 11.9. The minimum Gasteiger partial charge on any atom is -0.269 e. The van der Waals surface area contributed by atoms with Crippen molar-refractivity contribution in [1.29, 1.82) is 0 Å². The number of carbonyl (C=O) groups is 1. The fraction of sp³-hybridized carbons (Fsp3) is 0.158. The van der Waals surface area contributed by atoms with Crippen LogP contribution in [0.4, 0.5) is 11.4 Å². The van der Waals surface area contributed by atoms with E-state index in [4.69, 9.17) is 4.99 Å². The Morgan fingerprint density at radius 2 is 1.57 bits per heavy atom. The molecule has 2 aliphatic heterocycles. The Kier molecular flexibility index (Phi) is 2.93. The van der Waals surface area contributed by atoms with Crippen LogP contribution < -0.4 is 4.90 Å². The maximum atomic E-state index is 13.2. The molecule has 2 aromatic carbocycles. The molecule has 0 aliphatic carbocycles. The number of para-hydroxylation sites is 2. The molecule has 0 saturated heterocycles. The number of fused-ring (bicyclic) bond motifs is 3. The van der Waals surface area contributed by atoms with Gasteiger partial charge in [0.1, 0.15) is 5.84 Å². The molecule has 4 heteroatoms. The molecule has 114 valence electrons. The zero-order chi connectivity index (χ0) is 16.2. The van der Waals surface area contributed by atoms with Crippen molar-refractivity contribution in [2.24, 2.45) is 4.99 Å². The van der Waals surface area contributed by atoms with Crippen molar-refractivity contribution in [3.63, 3.8) is 0 Å². The van der Waals surface area contributed by atoms with Crippen LogP contribution in [0.2, 0.25) is 19.6 Å². The van der Waals surface area contributed by atoms with E-state index in [-0.39, 0.29) is 5.91 Å². The Bertz CT molecular complexity index is 876. The first-order valence-electron chi connectivity index (χ1n) is 7.81. The largest absolute Gasteiger partial charge is 0.269 e. The Labute approximate surface area is 137 Å². The minimum atomic E-state index is -1.81. The van der Waals surface area contributed by atoms with Crippen molar-refractivity contribution >= 4 is 36.8 Å². The SMILES string of the molecule is C[Si](C)(C)C1=C2C(=Nc3ccccc32)N(c2ccccc2)C1=O. The van der Waals surface area contributed by atoms with Gasteiger partial charge in [0.25, 0.3) is 5.91 Å². The Balaban J connectivity index is 1.98. The van der Waals surface area contributed by atoms with E-state index in [1.807, 2.05) is 48.5 Å². The van der Waals surface area contributed by atoms with Gasteiger partial charge in [-0.05, 0) is 18.2 Å². The average molecular weight is 318 g/mol. The van der Waals surface area contributed by atoms with Gasteiger partial charge in [-0.3, -0.25) is 9.69 Å². The molecule has 0 N–H and O–H groups in total. The van der Waals surface area contributed by atoms with Gasteiger partial charge in [0.2, 0.25) is 0 Å². The van der Waals surface area contributed by atoms with Gasteiger partial charge in [0, 0.05) is 16.3 Å². The summed E-state index contributed by atoms with van der Waals surface area (Å²) in [7, 11) is -1.81. The monoisotopic (exact) mass is 318 g/mol. The fourth-order valence-corrected chi connectivity index (χ4v) is 5.06. The number of rotatable bonds is 2. The predicted molar refractivity (Wildman–Crippen MR) is 97.7 cm³/mol. The third-order valence-electron chi connectivity index (χ3n) is 4.27. The Hall–Kier alpha value is -2.46. The van der Waals surface area contributed by atoms with Gasteiger partial charge >= 0.3 is 0 Å². The van der Waals surface area contributed by atoms with Crippen molar-refractivity contribution in [3.8, 4) is 0 Å². The van der Waals surface area contributed by atoms with E-state index < -0.39 is 8.07 Å². The molecular weight excluding hydrogens is 300 g/mol. The molecule has 0 fully saturated rings. The molecule has 0 unspecified atom stereocenters. The summed E-state index contributed by atoms with van der Waals surface area (Å²) >= 11 is 0. The lowest BCUT2D eigenvalue weighted by molar-refractivity contribution is -0.113. The molecule has 2 aliphatic rings. The second-order valence-electron chi connectivity index (χ2n) is 6.93. The highest BCUT2D eigenvalue weighted by Gasteiger charge is 2.45. The smallest absolute Gasteiger partial charge is 0.256 e. The van der Waals surface area contributed by atoms with Crippen molar-refractivity contribution in [2.75, 3.05) is 4.90 Å². The van der Waals surface area contributed by atoms with E-state index >= 15 is 0 Å². The van der Waals surface area contributed by atoms with E-state index in [0.29, 0.717) is 0 Å². The van der Waals surface area contributed by atoms with Crippen LogP contribution >= 0.6 is 0 Å². The van der Waals surface area contributed by atoms with Crippen LogP contribution in [-0.4, -0.2) is 19.8 Å². The first-order valence-corrected chi connectivity index (χ1v) is 11.3. The molecular formula is C19H18N2OSi. The number of aliphatic imine (C=N–C) groups is 1. The molecule has 2 heterocycles. The second kappa shape index (κ2) is 4.76. The third-order valence-corrected chi connectivity index (χ3v) is 6.23. The van der Waals surface area contributed by atoms with Gasteiger partial charge in [-0.15, -0.1) is 0 Å². The third kappa shape index (κ3) is 2.02. The Morgan fingerprint density at radius 1 is 0.913 bits per heavy atom. The lowest BCUT2D eigenvalue weighted by atomic mass is 10.1. The number of carbonyl (C=O) groups excluding carboxylic acids is 1. The van der Waals surface area contributed by atoms with Crippen LogP contribution in [0.5, 0.6) is 0 Å². The average Bonchev–Trinajstić information content (AvgIpc) is 3.00. The normalized spacial score (nSPS) is 16.6. The number of amides is 1. The highest BCUT2D eigenvalue weighted by Crippen LogP contribution is 2.45. The molecule has 0 saturated carbocycles. The van der Waals surface area contributed by atoms with Gasteiger partial charge in [0.15, 0.2) is 0 Å². The van der Waals surface area contributed by atoms with Crippen molar-refractivity contribution in [2.45, 2.75) is 19.6 Å². The molecule has 1 amide bonds. The van der Waals surface area contributed by atoms with Crippen LogP contribution in [-0.2, 0) is 4.79 Å². The summed E-state index contributed by atoms with van der Waals surface area (Å²) < 4.78 is 0. The fourth-order valence-electron chi connectivity index (χ4n) is 3.31. The number of benzene rings is 2. The number of amidine groups is 1. The van der Waals surface area contributed by atoms with Gasteiger partial charge < -0.3 is 0 Å². The van der Waals surface area contributed by atoms with Gasteiger partial charge in [0.05, 0.1) is 19.4 Å². The van der Waals surface area contributed by atoms with Crippen molar-refractivity contribution in [1.82, 2.24) is 0 Å². The number of hydrogen-bond acceptors (Lipinski definition) is 2. The van der Waals surface area contributed by atoms with Gasteiger partial charge in [-0.1, -0.05) is 56.0 Å². The molecule has 0 spiro atoms. The van der Waals surface area contributed by atoms with E-state index in [1.165, 1.54) is 0 Å². The zero-order valence-corrected chi connectivity index (χ0v) is 14.5. The highest BCUT2D eigenvalue weighted by atomic mass is 28.3. The maximum Gasteiger partial charge on any atom is 0.256 e. The summed E-state index contributed by atoms with van der Waals surface area (Å²) in [6.07, 6.45) is 0. The zero-order valence-electron chi connectivity index (χ0n) is 13.5. The molecule has 2 aromatic rings.